The van der Waals surface area contributed by atoms with Crippen LogP contribution in [0.3, 0.4) is 0 Å². The molecule has 0 aromatic carbocycles. The zero-order valence-electron chi connectivity index (χ0n) is 13.1. The highest BCUT2D eigenvalue weighted by Gasteiger charge is 2.48. The van der Waals surface area contributed by atoms with Crippen molar-refractivity contribution in [2.24, 2.45) is 5.92 Å². The van der Waals surface area contributed by atoms with Crippen molar-refractivity contribution >= 4 is 14.2 Å². The Morgan fingerprint density at radius 3 is 2.37 bits per heavy atom. The second kappa shape index (κ2) is 5.67. The molecule has 1 heterocycles. The lowest BCUT2D eigenvalue weighted by molar-refractivity contribution is -0.154. The molecule has 0 saturated carbocycles. The van der Waals surface area contributed by atoms with Crippen molar-refractivity contribution in [3.8, 4) is 0 Å². The first-order valence-corrected chi connectivity index (χ1v) is 9.76. The van der Waals surface area contributed by atoms with Gasteiger partial charge in [0.1, 0.15) is 5.92 Å². The molecule has 1 aliphatic heterocycles. The molecule has 0 radical (unpaired) electrons. The Kier molecular flexibility index (Phi) is 4.85. The lowest BCUT2D eigenvalue weighted by Gasteiger charge is -2.44. The van der Waals surface area contributed by atoms with Gasteiger partial charge in [-0.1, -0.05) is 26.8 Å². The molecular formula is C14H27NO3Si. The Hall–Kier alpha value is -0.813. The largest absolute Gasteiger partial charge is 0.478 e. The van der Waals surface area contributed by atoms with Crippen molar-refractivity contribution in [2.45, 2.75) is 65.1 Å². The van der Waals surface area contributed by atoms with Crippen molar-refractivity contribution < 1.29 is 14.0 Å². The van der Waals surface area contributed by atoms with Crippen molar-refractivity contribution in [2.75, 3.05) is 0 Å². The SMILES string of the molecule is C/C=C/O[C@H]1NC(=O)[C@@H]1[C@@H](C)O[Si](C)(C)C(C)(C)C. The van der Waals surface area contributed by atoms with Crippen molar-refractivity contribution in [3.05, 3.63) is 12.3 Å². The van der Waals surface area contributed by atoms with Crippen LogP contribution in [-0.4, -0.2) is 26.6 Å². The Morgan fingerprint density at radius 2 is 1.95 bits per heavy atom. The maximum Gasteiger partial charge on any atom is 0.234 e. The number of rotatable bonds is 5. The van der Waals surface area contributed by atoms with Crippen LogP contribution in [0.5, 0.6) is 0 Å². The van der Waals surface area contributed by atoms with Gasteiger partial charge in [0.2, 0.25) is 5.91 Å². The fourth-order valence-electron chi connectivity index (χ4n) is 1.82. The molecule has 3 atom stereocenters. The monoisotopic (exact) mass is 285 g/mol. The standard InChI is InChI=1S/C14H27NO3Si/c1-8-9-17-13-11(12(16)15-13)10(2)18-19(6,7)14(3,4)5/h8-11,13H,1-7H3,(H,15,16)/b9-8+/t10-,11+,13-/m1/s1. The summed E-state index contributed by atoms with van der Waals surface area (Å²) < 4.78 is 11.7. The summed E-state index contributed by atoms with van der Waals surface area (Å²) in [6.07, 6.45) is 3.03. The number of allylic oxidation sites excluding steroid dienone is 1. The second-order valence-corrected chi connectivity index (χ2v) is 11.4. The third kappa shape index (κ3) is 3.60. The van der Waals surface area contributed by atoms with Crippen LogP contribution in [0.25, 0.3) is 0 Å². The molecule has 1 fully saturated rings. The highest BCUT2D eigenvalue weighted by molar-refractivity contribution is 6.74. The van der Waals surface area contributed by atoms with E-state index in [-0.39, 0.29) is 29.2 Å². The van der Waals surface area contributed by atoms with Gasteiger partial charge in [-0.25, -0.2) is 0 Å². The van der Waals surface area contributed by atoms with E-state index in [1.165, 1.54) is 0 Å². The molecule has 1 amide bonds. The smallest absolute Gasteiger partial charge is 0.234 e. The summed E-state index contributed by atoms with van der Waals surface area (Å²) in [6.45, 7) is 14.8. The van der Waals surface area contributed by atoms with Gasteiger partial charge in [-0.05, 0) is 32.0 Å². The first-order valence-electron chi connectivity index (χ1n) is 6.85. The maximum atomic E-state index is 11.7. The maximum absolute atomic E-state index is 11.7. The van der Waals surface area contributed by atoms with E-state index < -0.39 is 8.32 Å². The van der Waals surface area contributed by atoms with Gasteiger partial charge in [0.15, 0.2) is 14.5 Å². The van der Waals surface area contributed by atoms with Gasteiger partial charge in [0, 0.05) is 0 Å². The molecule has 5 heteroatoms. The number of carbonyl (C=O) groups is 1. The van der Waals surface area contributed by atoms with Gasteiger partial charge < -0.3 is 14.5 Å². The minimum absolute atomic E-state index is 0.0145. The summed E-state index contributed by atoms with van der Waals surface area (Å²) in [5.41, 5.74) is 0. The number of β-lactam (4-membered cyclic amide) rings is 1. The minimum atomic E-state index is -1.86. The van der Waals surface area contributed by atoms with Crippen LogP contribution in [0.2, 0.25) is 18.1 Å². The molecule has 0 aromatic rings. The van der Waals surface area contributed by atoms with E-state index in [9.17, 15) is 4.79 Å². The van der Waals surface area contributed by atoms with E-state index in [1.807, 2.05) is 13.8 Å². The first kappa shape index (κ1) is 16.2. The third-order valence-electron chi connectivity index (χ3n) is 4.07. The van der Waals surface area contributed by atoms with Crippen LogP contribution >= 0.6 is 0 Å². The number of amides is 1. The molecule has 4 nitrogen and oxygen atoms in total. The molecule has 1 N–H and O–H groups in total. The highest BCUT2D eigenvalue weighted by Crippen LogP contribution is 2.39. The molecule has 0 unspecified atom stereocenters. The van der Waals surface area contributed by atoms with E-state index in [2.05, 4.69) is 39.2 Å². The van der Waals surface area contributed by atoms with Crippen LogP contribution in [-0.2, 0) is 14.0 Å². The van der Waals surface area contributed by atoms with E-state index in [0.717, 1.165) is 0 Å². The van der Waals surface area contributed by atoms with Crippen LogP contribution in [0.15, 0.2) is 12.3 Å². The fourth-order valence-corrected chi connectivity index (χ4v) is 3.25. The van der Waals surface area contributed by atoms with Crippen LogP contribution in [0.1, 0.15) is 34.6 Å². The topological polar surface area (TPSA) is 47.6 Å². The molecule has 110 valence electrons. The summed E-state index contributed by atoms with van der Waals surface area (Å²) >= 11 is 0. The lowest BCUT2D eigenvalue weighted by Crippen LogP contribution is -2.64. The molecule has 1 saturated heterocycles. The van der Waals surface area contributed by atoms with Crippen LogP contribution in [0, 0.1) is 5.92 Å². The molecule has 0 spiro atoms. The van der Waals surface area contributed by atoms with Crippen molar-refractivity contribution in [1.29, 1.82) is 0 Å². The molecule has 0 aliphatic carbocycles. The Balaban J connectivity index is 2.67. The third-order valence-corrected chi connectivity index (χ3v) is 8.64. The first-order chi connectivity index (χ1) is 8.60. The summed E-state index contributed by atoms with van der Waals surface area (Å²) in [4.78, 5) is 11.7. The van der Waals surface area contributed by atoms with Crippen molar-refractivity contribution in [3.63, 3.8) is 0 Å². The molecular weight excluding hydrogens is 258 g/mol. The van der Waals surface area contributed by atoms with Gasteiger partial charge in [0.05, 0.1) is 12.4 Å². The van der Waals surface area contributed by atoms with Gasteiger partial charge in [0.25, 0.3) is 0 Å². The summed E-state index contributed by atoms with van der Waals surface area (Å²) in [7, 11) is -1.86. The van der Waals surface area contributed by atoms with E-state index in [4.69, 9.17) is 9.16 Å². The number of hydrogen-bond donors (Lipinski definition) is 1. The zero-order valence-corrected chi connectivity index (χ0v) is 14.1. The summed E-state index contributed by atoms with van der Waals surface area (Å²) in [6, 6.07) is 0. The van der Waals surface area contributed by atoms with Crippen molar-refractivity contribution in [1.82, 2.24) is 5.32 Å². The Labute approximate surface area is 117 Å². The van der Waals surface area contributed by atoms with Crippen LogP contribution in [0.4, 0.5) is 0 Å². The van der Waals surface area contributed by atoms with Gasteiger partial charge >= 0.3 is 0 Å². The average molecular weight is 285 g/mol. The molecule has 1 aliphatic rings. The van der Waals surface area contributed by atoms with E-state index in [1.54, 1.807) is 12.3 Å². The van der Waals surface area contributed by atoms with Crippen LogP contribution < -0.4 is 5.32 Å². The van der Waals surface area contributed by atoms with E-state index in [0.29, 0.717) is 0 Å². The van der Waals surface area contributed by atoms with Gasteiger partial charge in [-0.3, -0.25) is 4.79 Å². The lowest BCUT2D eigenvalue weighted by atomic mass is 9.94. The summed E-state index contributed by atoms with van der Waals surface area (Å²) in [5.74, 6) is -0.203. The minimum Gasteiger partial charge on any atom is -0.478 e. The predicted molar refractivity (Wildman–Crippen MR) is 79.1 cm³/mol. The number of ether oxygens (including phenoxy) is 1. The summed E-state index contributed by atoms with van der Waals surface area (Å²) in [5, 5.41) is 2.90. The number of nitrogens with one attached hydrogen (secondary N) is 1. The zero-order chi connectivity index (χ0) is 14.8. The van der Waals surface area contributed by atoms with Gasteiger partial charge in [-0.15, -0.1) is 0 Å². The normalized spacial score (nSPS) is 25.9. The Bertz CT molecular complexity index is 360. The molecule has 19 heavy (non-hydrogen) atoms. The molecule has 0 bridgehead atoms. The number of hydrogen-bond acceptors (Lipinski definition) is 3. The quantitative estimate of drug-likeness (QED) is 0.480. The average Bonchev–Trinajstić information content (AvgIpc) is 2.20. The van der Waals surface area contributed by atoms with E-state index >= 15 is 0 Å². The van der Waals surface area contributed by atoms with Gasteiger partial charge in [-0.2, -0.15) is 0 Å². The fraction of sp³-hybridized carbons (Fsp3) is 0.786. The second-order valence-electron chi connectivity index (χ2n) is 6.64. The Morgan fingerprint density at radius 1 is 1.37 bits per heavy atom. The number of carbonyl (C=O) groups excluding carboxylic acids is 1. The molecule has 0 aromatic heterocycles. The highest BCUT2D eigenvalue weighted by atomic mass is 28.4. The molecule has 1 rings (SSSR count). The predicted octanol–water partition coefficient (Wildman–Crippen LogP) is 3.02.